The fourth-order valence-electron chi connectivity index (χ4n) is 6.51. The van der Waals surface area contributed by atoms with Gasteiger partial charge in [-0.2, -0.15) is 0 Å². The van der Waals surface area contributed by atoms with Gasteiger partial charge in [0.05, 0.1) is 33.8 Å². The quantitative estimate of drug-likeness (QED) is 0.192. The van der Waals surface area contributed by atoms with E-state index in [0.717, 1.165) is 15.5 Å². The highest BCUT2D eigenvalue weighted by Gasteiger charge is 2.59. The number of hydrogen-bond donors (Lipinski definition) is 1. The normalized spacial score (nSPS) is 20.9. The molecule has 6 heterocycles. The van der Waals surface area contributed by atoms with Gasteiger partial charge in [-0.15, -0.1) is 0 Å². The van der Waals surface area contributed by atoms with Crippen LogP contribution in [0.2, 0.25) is 0 Å². The van der Waals surface area contributed by atoms with Gasteiger partial charge in [-0.1, -0.05) is 47.6 Å². The Hall–Kier alpha value is -3.17. The Morgan fingerprint density at radius 1 is 0.582 bits per heavy atom. The van der Waals surface area contributed by atoms with Gasteiger partial charge in [-0.25, -0.2) is 19.9 Å². The zero-order chi connectivity index (χ0) is 40.9. The molecule has 55 heavy (non-hydrogen) atoms. The van der Waals surface area contributed by atoms with E-state index in [9.17, 15) is 5.11 Å². The maximum Gasteiger partial charge on any atom is 0.641 e. The van der Waals surface area contributed by atoms with E-state index in [1.54, 1.807) is 37.2 Å². The van der Waals surface area contributed by atoms with Gasteiger partial charge in [0.15, 0.2) is 0 Å². The lowest BCUT2D eigenvalue weighted by Crippen LogP contribution is -2.49. The largest absolute Gasteiger partial charge is 0.641 e. The Balaban J connectivity index is 0.000000256. The van der Waals surface area contributed by atoms with Crippen LogP contribution in [0, 0.1) is 10.8 Å². The molecule has 2 atom stereocenters. The molecular weight excluding hydrogens is 762 g/mol. The Morgan fingerprint density at radius 3 is 1.45 bits per heavy atom. The summed E-state index contributed by atoms with van der Waals surface area (Å²) < 4.78 is 32.6. The van der Waals surface area contributed by atoms with Crippen LogP contribution >= 0.6 is 15.9 Å². The molecule has 0 aromatic carbocycles. The molecule has 15 heteroatoms. The Bertz CT molecular complexity index is 1880. The molecule has 2 unspecified atom stereocenters. The van der Waals surface area contributed by atoms with Gasteiger partial charge in [0, 0.05) is 63.7 Å². The molecule has 2 aliphatic heterocycles. The third-order valence-corrected chi connectivity index (χ3v) is 11.8. The second-order valence-corrected chi connectivity index (χ2v) is 19.2. The third-order valence-electron chi connectivity index (χ3n) is 11.4. The van der Waals surface area contributed by atoms with Crippen molar-refractivity contribution >= 4 is 35.8 Å². The molecule has 2 fully saturated rings. The van der Waals surface area contributed by atoms with Crippen LogP contribution in [0.1, 0.15) is 119 Å². The van der Waals surface area contributed by atoms with E-state index in [1.165, 1.54) is 12.7 Å². The fraction of sp³-hybridized carbons (Fsp3) is 0.550. The lowest BCUT2D eigenvalue weighted by Gasteiger charge is -2.44. The zero-order valence-electron chi connectivity index (χ0n) is 34.6. The van der Waals surface area contributed by atoms with Gasteiger partial charge in [-0.3, -0.25) is 9.97 Å². The summed E-state index contributed by atoms with van der Waals surface area (Å²) in [5.41, 5.74) is -1.75. The van der Waals surface area contributed by atoms with Crippen molar-refractivity contribution in [3.8, 4) is 0 Å². The van der Waals surface area contributed by atoms with E-state index in [-0.39, 0.29) is 0 Å². The van der Waals surface area contributed by atoms with E-state index < -0.39 is 58.9 Å². The first-order valence-electron chi connectivity index (χ1n) is 18.5. The predicted molar refractivity (Wildman–Crippen MR) is 216 cm³/mol. The number of pyridine rings is 2. The summed E-state index contributed by atoms with van der Waals surface area (Å²) in [6, 6.07) is 7.59. The van der Waals surface area contributed by atoms with Crippen LogP contribution in [-0.4, -0.2) is 71.9 Å². The van der Waals surface area contributed by atoms with Crippen LogP contribution in [-0.2, 0) is 34.5 Å². The second-order valence-electron chi connectivity index (χ2n) is 18.2. The molecule has 4 aromatic rings. The highest BCUT2D eigenvalue weighted by atomic mass is 79.9. The highest BCUT2D eigenvalue weighted by molar-refractivity contribution is 9.10. The van der Waals surface area contributed by atoms with Crippen molar-refractivity contribution in [2.45, 2.75) is 131 Å². The molecule has 0 saturated carbocycles. The fourth-order valence-corrected chi connectivity index (χ4v) is 6.74. The van der Waals surface area contributed by atoms with Gasteiger partial charge in [0.25, 0.3) is 0 Å². The summed E-state index contributed by atoms with van der Waals surface area (Å²) in [5, 5.41) is 11.2. The topological polar surface area (TPSA) is 144 Å². The first kappa shape index (κ1) is 43.0. The summed E-state index contributed by atoms with van der Waals surface area (Å²) >= 11 is 3.35. The molecule has 0 bridgehead atoms. The van der Waals surface area contributed by atoms with Crippen molar-refractivity contribution in [3.63, 3.8) is 0 Å². The second kappa shape index (κ2) is 15.0. The third kappa shape index (κ3) is 8.17. The van der Waals surface area contributed by atoms with Gasteiger partial charge in [0.1, 0.15) is 23.9 Å². The Kier molecular flexibility index (Phi) is 11.7. The first-order valence-corrected chi connectivity index (χ1v) is 19.3. The average molecular weight is 817 g/mol. The lowest BCUT2D eigenvalue weighted by molar-refractivity contribution is -0.0465. The van der Waals surface area contributed by atoms with E-state index in [1.807, 2.05) is 100 Å². The summed E-state index contributed by atoms with van der Waals surface area (Å²) in [4.78, 5) is 25.8. The molecule has 12 nitrogen and oxygen atoms in total. The van der Waals surface area contributed by atoms with Crippen LogP contribution < -0.4 is 5.46 Å². The number of aromatic nitrogens is 6. The van der Waals surface area contributed by atoms with Crippen LogP contribution in [0.4, 0.5) is 0 Å². The molecule has 1 N–H and O–H groups in total. The van der Waals surface area contributed by atoms with E-state index >= 15 is 0 Å². The summed E-state index contributed by atoms with van der Waals surface area (Å²) in [6.45, 7) is 28.3. The van der Waals surface area contributed by atoms with E-state index in [4.69, 9.17) is 28.3 Å². The highest BCUT2D eigenvalue weighted by Crippen LogP contribution is 2.50. The molecule has 0 radical (unpaired) electrons. The maximum absolute atomic E-state index is 11.2. The lowest BCUT2D eigenvalue weighted by atomic mass is 9.69. The monoisotopic (exact) mass is 816 g/mol. The number of aliphatic hydroxyl groups is 1. The Morgan fingerprint density at radius 2 is 1.04 bits per heavy atom. The molecule has 0 amide bonds. The Labute approximate surface area is 335 Å². The SMILES string of the molecule is CC(C)(C)C(O)(c1cncnc1)c1ccc(Br)cn1.CC(C)(C)C(OB1OC(C)(C)C(C)(C)O1)(c1cncnc1)c1ccc(B2OC(C)(C)C(C)(C)O2)cn1. The van der Waals surface area contributed by atoms with Gasteiger partial charge < -0.3 is 28.4 Å². The molecule has 0 spiro atoms. The van der Waals surface area contributed by atoms with E-state index in [2.05, 4.69) is 61.6 Å². The van der Waals surface area contributed by atoms with Crippen LogP contribution in [0.3, 0.4) is 0 Å². The summed E-state index contributed by atoms with van der Waals surface area (Å²) in [7, 11) is -1.43. The van der Waals surface area contributed by atoms with Crippen molar-refractivity contribution < 1.29 is 28.4 Å². The van der Waals surface area contributed by atoms with Crippen molar-refractivity contribution in [1.82, 2.24) is 29.9 Å². The molecular formula is C40H55B2BrN6O6. The first-order chi connectivity index (χ1) is 25.3. The number of hydrogen-bond acceptors (Lipinski definition) is 12. The minimum atomic E-state index is -1.24. The number of halogens is 1. The predicted octanol–water partition coefficient (Wildman–Crippen LogP) is 6.98. The van der Waals surface area contributed by atoms with Gasteiger partial charge in [-0.05, 0) is 94.9 Å². The van der Waals surface area contributed by atoms with Crippen molar-refractivity contribution in [1.29, 1.82) is 0 Å². The number of rotatable bonds is 7. The van der Waals surface area contributed by atoms with Gasteiger partial charge in [0.2, 0.25) is 0 Å². The average Bonchev–Trinajstić information content (AvgIpc) is 3.45. The minimum absolute atomic E-state index is 0.438. The van der Waals surface area contributed by atoms with Crippen LogP contribution in [0.5, 0.6) is 0 Å². The van der Waals surface area contributed by atoms with Crippen molar-refractivity contribution in [2.24, 2.45) is 10.8 Å². The molecule has 4 aromatic heterocycles. The maximum atomic E-state index is 11.2. The molecule has 294 valence electrons. The van der Waals surface area contributed by atoms with Crippen molar-refractivity contribution in [2.75, 3.05) is 0 Å². The molecule has 2 aliphatic rings. The summed E-state index contributed by atoms with van der Waals surface area (Å²) in [5.74, 6) is 0. The minimum Gasteiger partial charge on any atom is -0.399 e. The van der Waals surface area contributed by atoms with Crippen LogP contribution in [0.15, 0.2) is 78.6 Å². The summed E-state index contributed by atoms with van der Waals surface area (Å²) in [6.07, 6.45) is 13.2. The zero-order valence-corrected chi connectivity index (χ0v) is 36.2. The molecule has 6 rings (SSSR count). The smallest absolute Gasteiger partial charge is 0.399 e. The van der Waals surface area contributed by atoms with E-state index in [0.29, 0.717) is 17.0 Å². The molecule has 0 aliphatic carbocycles. The number of nitrogens with zero attached hydrogens (tertiary/aromatic N) is 6. The van der Waals surface area contributed by atoms with Gasteiger partial charge >= 0.3 is 14.4 Å². The van der Waals surface area contributed by atoms with Crippen molar-refractivity contribution in [3.05, 3.63) is 101 Å². The molecule has 2 saturated heterocycles. The standard InChI is InChI=1S/C26H39B2N3O5.C14H16BrN3O/c1-21(2,3)26(18-14-29-17-30-15-18,36-28-34-24(8,9)25(10,11)35-28)20-13-12-19(16-31-20)27-32-22(4,5)23(6,7)33-27;1-13(2,3)14(19,10-6-16-9-17-7-10)12-5-4-11(15)8-18-12/h12-17H,1-11H3;4-9,19H,1-3H3. The van der Waals surface area contributed by atoms with Crippen LogP contribution in [0.25, 0.3) is 0 Å².